The quantitative estimate of drug-likeness (QED) is 0.276. The van der Waals surface area contributed by atoms with Gasteiger partial charge in [0.1, 0.15) is 0 Å². The fourth-order valence-corrected chi connectivity index (χ4v) is 3.31. The Hall–Kier alpha value is -3.72. The highest BCUT2D eigenvalue weighted by Gasteiger charge is 2.20. The first-order valence-electron chi connectivity index (χ1n) is 12.7. The Bertz CT molecular complexity index is 1190. The van der Waals surface area contributed by atoms with Crippen LogP contribution in [0.3, 0.4) is 0 Å². The van der Waals surface area contributed by atoms with Crippen LogP contribution in [0, 0.1) is 22.7 Å². The van der Waals surface area contributed by atoms with Crippen LogP contribution in [0.2, 0.25) is 0 Å². The molecule has 0 fully saturated rings. The molecule has 0 heterocycles. The van der Waals surface area contributed by atoms with Gasteiger partial charge in [0.25, 0.3) is 0 Å². The van der Waals surface area contributed by atoms with Gasteiger partial charge in [-0.05, 0) is 69.4 Å². The number of carboxylic acid groups (broad SMARTS) is 1. The number of aliphatic carboxylic acids is 1. The average Bonchev–Trinajstić information content (AvgIpc) is 2.93. The second-order valence-corrected chi connectivity index (χ2v) is 10.4. The summed E-state index contributed by atoms with van der Waals surface area (Å²) in [6, 6.07) is 28.8. The minimum Gasteiger partial charge on any atom is -0.479 e. The first-order valence-corrected chi connectivity index (χ1v) is 12.7. The van der Waals surface area contributed by atoms with Crippen molar-refractivity contribution in [2.24, 2.45) is 11.5 Å². The molecule has 0 radical (unpaired) electrons. The van der Waals surface area contributed by atoms with Gasteiger partial charge in [-0.3, -0.25) is 0 Å². The Kier molecular flexibility index (Phi) is 14.9. The molecule has 6 N–H and O–H groups in total. The van der Waals surface area contributed by atoms with Gasteiger partial charge in [0.2, 0.25) is 0 Å². The molecule has 0 aliphatic heterocycles. The highest BCUT2D eigenvalue weighted by atomic mass is 35.5. The first kappa shape index (κ1) is 36.3. The van der Waals surface area contributed by atoms with E-state index in [1.54, 1.807) is 30.3 Å². The van der Waals surface area contributed by atoms with Crippen LogP contribution < -0.4 is 11.5 Å². The number of carbonyl (C=O) groups is 1. The number of hydrogen-bond donors (Lipinski definition) is 4. The molecule has 0 saturated heterocycles. The molecule has 3 aromatic carbocycles. The van der Waals surface area contributed by atoms with Crippen molar-refractivity contribution in [2.45, 2.75) is 70.6 Å². The van der Waals surface area contributed by atoms with Crippen molar-refractivity contribution < 1.29 is 15.0 Å². The number of aliphatic hydroxyl groups excluding tert-OH is 1. The minimum absolute atomic E-state index is 0. The van der Waals surface area contributed by atoms with Crippen molar-refractivity contribution in [3.05, 3.63) is 107 Å². The summed E-state index contributed by atoms with van der Waals surface area (Å²) in [5.74, 6) is -1.23. The number of carboxylic acids is 1. The fourth-order valence-electron chi connectivity index (χ4n) is 3.31. The summed E-state index contributed by atoms with van der Waals surface area (Å²) in [5, 5.41) is 35.3. The SMILES string of the molecule is C[C@H](N)c1ccc(C(C)(C)C#N)cc1.C[C@H](N)c1ccc(C(C)(C)C#N)cc1.Cl.O=C(O)[C@@H](O)c1ccccc1. The lowest BCUT2D eigenvalue weighted by Crippen LogP contribution is -2.14. The van der Waals surface area contributed by atoms with Gasteiger partial charge in [0, 0.05) is 12.1 Å². The van der Waals surface area contributed by atoms with E-state index in [0.717, 1.165) is 22.3 Å². The number of aliphatic hydroxyl groups is 1. The second kappa shape index (κ2) is 16.4. The zero-order valence-corrected chi connectivity index (χ0v) is 24.8. The van der Waals surface area contributed by atoms with Crippen LogP contribution in [0.5, 0.6) is 0 Å². The van der Waals surface area contributed by atoms with E-state index in [2.05, 4.69) is 12.1 Å². The van der Waals surface area contributed by atoms with Crippen LogP contribution in [0.15, 0.2) is 78.9 Å². The van der Waals surface area contributed by atoms with E-state index in [1.165, 1.54) is 0 Å². The third-order valence-electron chi connectivity index (χ3n) is 6.22. The maximum atomic E-state index is 10.2. The van der Waals surface area contributed by atoms with Gasteiger partial charge < -0.3 is 21.7 Å². The standard InChI is InChI=1S/2C12H16N2.C8H8O3.ClH/c2*1-9(14)10-4-6-11(7-5-10)12(2,3)8-13;9-7(8(10)11)6-4-2-1-3-5-6;/h2*4-7,9H,14H2,1-3H3;1-5,7,9H,(H,10,11);1H/t2*9-;7-;/m000./s1. The van der Waals surface area contributed by atoms with Crippen LogP contribution in [0.25, 0.3) is 0 Å². The van der Waals surface area contributed by atoms with E-state index in [-0.39, 0.29) is 24.5 Å². The van der Waals surface area contributed by atoms with E-state index in [4.69, 9.17) is 32.2 Å². The maximum Gasteiger partial charge on any atom is 0.337 e. The minimum atomic E-state index is -1.41. The molecule has 40 heavy (non-hydrogen) atoms. The van der Waals surface area contributed by atoms with E-state index >= 15 is 0 Å². The summed E-state index contributed by atoms with van der Waals surface area (Å²) in [7, 11) is 0. The molecule has 0 unspecified atom stereocenters. The van der Waals surface area contributed by atoms with Crippen molar-refractivity contribution in [2.75, 3.05) is 0 Å². The second-order valence-electron chi connectivity index (χ2n) is 10.4. The van der Waals surface area contributed by atoms with Crippen LogP contribution in [-0.4, -0.2) is 16.2 Å². The lowest BCUT2D eigenvalue weighted by Gasteiger charge is -2.16. The van der Waals surface area contributed by atoms with Crippen LogP contribution >= 0.6 is 12.4 Å². The third kappa shape index (κ3) is 11.2. The van der Waals surface area contributed by atoms with Gasteiger partial charge in [-0.25, -0.2) is 4.79 Å². The highest BCUT2D eigenvalue weighted by Crippen LogP contribution is 2.24. The van der Waals surface area contributed by atoms with Crippen molar-refractivity contribution in [1.29, 1.82) is 10.5 Å². The Morgan fingerprint density at radius 2 is 1.02 bits per heavy atom. The molecule has 3 atom stereocenters. The zero-order chi connectivity index (χ0) is 29.8. The van der Waals surface area contributed by atoms with Gasteiger partial charge in [0.05, 0.1) is 23.0 Å². The molecule has 214 valence electrons. The summed E-state index contributed by atoms with van der Waals surface area (Å²) >= 11 is 0. The largest absolute Gasteiger partial charge is 0.479 e. The topological polar surface area (TPSA) is 157 Å². The molecule has 0 amide bonds. The summed E-state index contributed by atoms with van der Waals surface area (Å²) in [6.45, 7) is 11.5. The molecule has 0 aromatic heterocycles. The lowest BCUT2D eigenvalue weighted by atomic mass is 9.86. The molecule has 3 rings (SSSR count). The first-order chi connectivity index (χ1) is 18.2. The Balaban J connectivity index is 0.000000568. The number of rotatable bonds is 6. The molecule has 7 nitrogen and oxygen atoms in total. The average molecular weight is 565 g/mol. The fraction of sp³-hybridized carbons (Fsp3) is 0.344. The zero-order valence-electron chi connectivity index (χ0n) is 24.0. The Morgan fingerprint density at radius 3 is 1.27 bits per heavy atom. The molecule has 0 aliphatic carbocycles. The molecule has 8 heteroatoms. The molecule has 0 bridgehead atoms. The van der Waals surface area contributed by atoms with Gasteiger partial charge in [-0.15, -0.1) is 12.4 Å². The molecular formula is C32H41ClN4O3. The molecule has 0 saturated carbocycles. The molecule has 3 aromatic rings. The number of hydrogen-bond acceptors (Lipinski definition) is 6. The van der Waals surface area contributed by atoms with Crippen LogP contribution in [0.4, 0.5) is 0 Å². The summed E-state index contributed by atoms with van der Waals surface area (Å²) in [4.78, 5) is 10.2. The number of benzene rings is 3. The summed E-state index contributed by atoms with van der Waals surface area (Å²) in [5.41, 5.74) is 15.3. The predicted molar refractivity (Wildman–Crippen MR) is 162 cm³/mol. The molecule has 0 aliphatic rings. The number of nitrogens with two attached hydrogens (primary N) is 2. The highest BCUT2D eigenvalue weighted by molar-refractivity contribution is 5.85. The maximum absolute atomic E-state index is 10.2. The number of nitriles is 2. The van der Waals surface area contributed by atoms with Gasteiger partial charge in [-0.1, -0.05) is 78.9 Å². The van der Waals surface area contributed by atoms with E-state index < -0.39 is 22.9 Å². The normalized spacial score (nSPS) is 12.8. The monoisotopic (exact) mass is 564 g/mol. The van der Waals surface area contributed by atoms with E-state index in [9.17, 15) is 4.79 Å². The predicted octanol–water partition coefficient (Wildman–Crippen LogP) is 6.24. The van der Waals surface area contributed by atoms with Gasteiger partial charge in [0.15, 0.2) is 6.10 Å². The third-order valence-corrected chi connectivity index (χ3v) is 6.22. The molecule has 0 spiro atoms. The van der Waals surface area contributed by atoms with Gasteiger partial charge >= 0.3 is 5.97 Å². The van der Waals surface area contributed by atoms with E-state index in [1.807, 2.05) is 90.1 Å². The van der Waals surface area contributed by atoms with Crippen LogP contribution in [-0.2, 0) is 15.6 Å². The molecular weight excluding hydrogens is 524 g/mol. The van der Waals surface area contributed by atoms with Crippen molar-refractivity contribution >= 4 is 18.4 Å². The lowest BCUT2D eigenvalue weighted by molar-refractivity contribution is -0.146. The van der Waals surface area contributed by atoms with Crippen molar-refractivity contribution in [3.63, 3.8) is 0 Å². The van der Waals surface area contributed by atoms with Gasteiger partial charge in [-0.2, -0.15) is 10.5 Å². The number of halogens is 1. The smallest absolute Gasteiger partial charge is 0.337 e. The summed E-state index contributed by atoms with van der Waals surface area (Å²) in [6.07, 6.45) is -1.41. The van der Waals surface area contributed by atoms with Crippen molar-refractivity contribution in [1.82, 2.24) is 0 Å². The number of nitrogens with zero attached hydrogens (tertiary/aromatic N) is 2. The Morgan fingerprint density at radius 1 is 0.700 bits per heavy atom. The van der Waals surface area contributed by atoms with Crippen LogP contribution in [0.1, 0.15) is 87.5 Å². The Labute approximate surface area is 244 Å². The van der Waals surface area contributed by atoms with E-state index in [0.29, 0.717) is 5.56 Å². The summed E-state index contributed by atoms with van der Waals surface area (Å²) < 4.78 is 0. The van der Waals surface area contributed by atoms with Crippen molar-refractivity contribution in [3.8, 4) is 12.1 Å².